The zero-order valence-corrected chi connectivity index (χ0v) is 32.4. The van der Waals surface area contributed by atoms with Crippen molar-refractivity contribution >= 4 is 71.8 Å². The fraction of sp³-hybridized carbons (Fsp3) is 0.543. The first-order valence-electron chi connectivity index (χ1n) is 18.3. The molecule has 8 amide bonds. The molecule has 2 aliphatic rings. The number of carboxylic acid groups (broad SMARTS) is 2. The standard InChI is InChI=1S/C35H49N9O13S/c1-17(36)33(54)43-10-2-4-24(43)31(52)40-20(13-26(37)46)29(50)38-15-27(47)39-23(16-58)34(55)44-11-3-5-25(44)32(53)41-21(14-28(48)49)30(51)42-22(35(56)57)12-18-6-8-19(45)9-7-18/h6-9,17,20-25,45,58H,2-5,10-16,36H2,1H3,(H2,37,46)(H,38,50)(H,39,47)(H,40,52)(H,41,53)(H,42,51)(H,48,49)(H,56,57)/t17-,20-,21-,22-,23-,24-,25-/m0/s1. The van der Waals surface area contributed by atoms with Crippen LogP contribution in [0, 0.1) is 0 Å². The van der Waals surface area contributed by atoms with Gasteiger partial charge in [-0.25, -0.2) is 4.79 Å². The number of likely N-dealkylation sites (tertiary alicyclic amines) is 2. The third kappa shape index (κ3) is 13.3. The molecule has 0 spiro atoms. The number of benzene rings is 1. The van der Waals surface area contributed by atoms with Gasteiger partial charge in [-0.1, -0.05) is 12.1 Å². The van der Waals surface area contributed by atoms with Gasteiger partial charge in [0.1, 0.15) is 42.0 Å². The van der Waals surface area contributed by atoms with Gasteiger partial charge in [0.2, 0.25) is 47.3 Å². The maximum absolute atomic E-state index is 13.6. The first-order chi connectivity index (χ1) is 27.3. The molecule has 1 aromatic carbocycles. The number of phenolic OH excluding ortho intramolecular Hbond substituents is 1. The van der Waals surface area contributed by atoms with E-state index in [1.807, 2.05) is 0 Å². The zero-order valence-electron chi connectivity index (χ0n) is 31.5. The summed E-state index contributed by atoms with van der Waals surface area (Å²) in [5, 5.41) is 40.2. The number of primary amides is 1. The molecule has 318 valence electrons. The molecule has 0 bridgehead atoms. The fourth-order valence-electron chi connectivity index (χ4n) is 6.46. The van der Waals surface area contributed by atoms with Crippen molar-refractivity contribution in [2.24, 2.45) is 11.5 Å². The number of aromatic hydroxyl groups is 1. The van der Waals surface area contributed by atoms with Crippen molar-refractivity contribution in [3.8, 4) is 5.75 Å². The topological polar surface area (TPSA) is 350 Å². The molecule has 2 saturated heterocycles. The number of aliphatic carboxylic acids is 2. The molecule has 2 aliphatic heterocycles. The third-order valence-corrected chi connectivity index (χ3v) is 9.71. The number of phenols is 1. The number of carboxylic acids is 2. The molecule has 7 atom stereocenters. The van der Waals surface area contributed by atoms with Crippen LogP contribution in [-0.2, 0) is 54.4 Å². The van der Waals surface area contributed by atoms with Gasteiger partial charge in [-0.05, 0) is 50.3 Å². The maximum Gasteiger partial charge on any atom is 0.326 e. The van der Waals surface area contributed by atoms with Crippen LogP contribution < -0.4 is 38.1 Å². The van der Waals surface area contributed by atoms with Crippen molar-refractivity contribution in [1.29, 1.82) is 0 Å². The van der Waals surface area contributed by atoms with E-state index in [9.17, 15) is 63.3 Å². The Morgan fingerprint density at radius 2 is 1.29 bits per heavy atom. The number of amides is 8. The van der Waals surface area contributed by atoms with Crippen molar-refractivity contribution in [1.82, 2.24) is 36.4 Å². The van der Waals surface area contributed by atoms with Crippen molar-refractivity contribution in [2.75, 3.05) is 25.4 Å². The number of rotatable bonds is 20. The van der Waals surface area contributed by atoms with E-state index in [4.69, 9.17) is 11.5 Å². The predicted octanol–water partition coefficient (Wildman–Crippen LogP) is -4.32. The van der Waals surface area contributed by atoms with E-state index in [1.165, 1.54) is 36.1 Å². The summed E-state index contributed by atoms with van der Waals surface area (Å²) in [5.41, 5.74) is 11.4. The highest BCUT2D eigenvalue weighted by Gasteiger charge is 2.40. The smallest absolute Gasteiger partial charge is 0.326 e. The number of nitrogens with zero attached hydrogens (tertiary/aromatic N) is 2. The molecule has 1 aromatic rings. The Labute approximate surface area is 337 Å². The predicted molar refractivity (Wildman–Crippen MR) is 203 cm³/mol. The van der Waals surface area contributed by atoms with Gasteiger partial charge in [0, 0.05) is 25.3 Å². The third-order valence-electron chi connectivity index (χ3n) is 9.35. The lowest BCUT2D eigenvalue weighted by Gasteiger charge is -2.29. The molecule has 23 heteroatoms. The molecule has 58 heavy (non-hydrogen) atoms. The first kappa shape index (κ1) is 46.4. The summed E-state index contributed by atoms with van der Waals surface area (Å²) in [6, 6.07) is -3.69. The van der Waals surface area contributed by atoms with Gasteiger partial charge >= 0.3 is 11.9 Å². The van der Waals surface area contributed by atoms with Crippen LogP contribution in [0.3, 0.4) is 0 Å². The van der Waals surface area contributed by atoms with Crippen LogP contribution in [0.4, 0.5) is 0 Å². The van der Waals surface area contributed by atoms with Crippen LogP contribution in [0.25, 0.3) is 0 Å². The summed E-state index contributed by atoms with van der Waals surface area (Å²) in [6.45, 7) is 1.02. The van der Waals surface area contributed by atoms with Crippen molar-refractivity contribution in [2.45, 2.75) is 94.2 Å². The van der Waals surface area contributed by atoms with Crippen LogP contribution in [-0.4, -0.2) is 152 Å². The summed E-state index contributed by atoms with van der Waals surface area (Å²) in [5.74, 6) is -10.1. The van der Waals surface area contributed by atoms with E-state index in [0.717, 1.165) is 4.90 Å². The molecule has 0 radical (unpaired) electrons. The quantitative estimate of drug-likeness (QED) is 0.0554. The van der Waals surface area contributed by atoms with Crippen LogP contribution >= 0.6 is 12.6 Å². The molecule has 12 N–H and O–H groups in total. The van der Waals surface area contributed by atoms with Gasteiger partial charge in [0.05, 0.1) is 25.4 Å². The number of thiol groups is 1. The highest BCUT2D eigenvalue weighted by molar-refractivity contribution is 7.80. The summed E-state index contributed by atoms with van der Waals surface area (Å²) in [4.78, 5) is 129. The number of carbonyl (C=O) groups is 10. The largest absolute Gasteiger partial charge is 0.508 e. The highest BCUT2D eigenvalue weighted by atomic mass is 32.1. The van der Waals surface area contributed by atoms with Crippen molar-refractivity contribution in [3.05, 3.63) is 29.8 Å². The van der Waals surface area contributed by atoms with E-state index >= 15 is 0 Å². The van der Waals surface area contributed by atoms with Gasteiger partial charge in [0.25, 0.3) is 0 Å². The average Bonchev–Trinajstić information content (AvgIpc) is 3.86. The Balaban J connectivity index is 1.62. The van der Waals surface area contributed by atoms with Crippen molar-refractivity contribution < 1.29 is 63.3 Å². The maximum atomic E-state index is 13.6. The molecule has 0 unspecified atom stereocenters. The number of nitrogens with one attached hydrogen (secondary N) is 5. The molecule has 22 nitrogen and oxygen atoms in total. The number of nitrogens with two attached hydrogens (primary N) is 2. The minimum absolute atomic E-state index is 0.0278. The Morgan fingerprint density at radius 3 is 1.78 bits per heavy atom. The van der Waals surface area contributed by atoms with Gasteiger partial charge in [0.15, 0.2) is 0 Å². The van der Waals surface area contributed by atoms with Crippen LogP contribution in [0.1, 0.15) is 51.0 Å². The van der Waals surface area contributed by atoms with E-state index in [2.05, 4.69) is 39.2 Å². The summed E-state index contributed by atoms with van der Waals surface area (Å²) >= 11 is 4.14. The Hall–Kier alpha value is -5.97. The van der Waals surface area contributed by atoms with Crippen LogP contribution in [0.15, 0.2) is 24.3 Å². The molecule has 3 rings (SSSR count). The number of carbonyl (C=O) groups excluding carboxylic acids is 8. The lowest BCUT2D eigenvalue weighted by molar-refractivity contribution is -0.145. The second-order valence-corrected chi connectivity index (χ2v) is 14.2. The van der Waals surface area contributed by atoms with Gasteiger partial charge < -0.3 is 63.2 Å². The molecular formula is C35H49N9O13S. The summed E-state index contributed by atoms with van der Waals surface area (Å²) < 4.78 is 0. The van der Waals surface area contributed by atoms with E-state index in [1.54, 1.807) is 0 Å². The number of hydrogen-bond acceptors (Lipinski definition) is 13. The van der Waals surface area contributed by atoms with E-state index in [-0.39, 0.29) is 43.9 Å². The van der Waals surface area contributed by atoms with Gasteiger partial charge in [-0.3, -0.25) is 43.2 Å². The van der Waals surface area contributed by atoms with Crippen LogP contribution in [0.2, 0.25) is 0 Å². The van der Waals surface area contributed by atoms with E-state index < -0.39 is 121 Å². The van der Waals surface area contributed by atoms with Gasteiger partial charge in [-0.15, -0.1) is 0 Å². The van der Waals surface area contributed by atoms with Crippen molar-refractivity contribution in [3.63, 3.8) is 0 Å². The highest BCUT2D eigenvalue weighted by Crippen LogP contribution is 2.21. The Kier molecular flexibility index (Phi) is 17.2. The molecule has 2 heterocycles. The first-order valence-corrected chi connectivity index (χ1v) is 18.9. The second-order valence-electron chi connectivity index (χ2n) is 13.8. The minimum Gasteiger partial charge on any atom is -0.508 e. The lowest BCUT2D eigenvalue weighted by Crippen LogP contribution is -2.58. The normalized spacial score (nSPS) is 18.7. The fourth-order valence-corrected chi connectivity index (χ4v) is 6.71. The average molecular weight is 836 g/mol. The number of hydrogen-bond donors (Lipinski definition) is 11. The Morgan fingerprint density at radius 1 is 0.759 bits per heavy atom. The lowest BCUT2D eigenvalue weighted by atomic mass is 10.0. The summed E-state index contributed by atoms with van der Waals surface area (Å²) in [7, 11) is 0. The van der Waals surface area contributed by atoms with Gasteiger partial charge in [-0.2, -0.15) is 12.6 Å². The molecule has 2 fully saturated rings. The summed E-state index contributed by atoms with van der Waals surface area (Å²) in [6.07, 6.45) is -0.626. The van der Waals surface area contributed by atoms with Crippen LogP contribution in [0.5, 0.6) is 5.75 Å². The SMILES string of the molecule is C[C@H](N)C(=O)N1CCC[C@H]1C(=O)N[C@@H](CC(N)=O)C(=O)NCC(=O)N[C@@H](CS)C(=O)N1CCC[C@H]1C(=O)N[C@@H](CC(=O)O)C(=O)N[C@@H](Cc1ccc(O)cc1)C(=O)O. The second kappa shape index (κ2) is 21.5. The molecule has 0 aliphatic carbocycles. The molecular weight excluding hydrogens is 787 g/mol. The minimum atomic E-state index is -1.74. The Bertz CT molecular complexity index is 1750. The van der Waals surface area contributed by atoms with E-state index in [0.29, 0.717) is 18.4 Å². The molecule has 0 saturated carbocycles. The monoisotopic (exact) mass is 835 g/mol. The zero-order chi connectivity index (χ0) is 43.3. The molecule has 0 aromatic heterocycles.